The van der Waals surface area contributed by atoms with Crippen LogP contribution >= 0.6 is 0 Å². The number of primary amides is 1. The fourth-order valence-corrected chi connectivity index (χ4v) is 5.39. The van der Waals surface area contributed by atoms with Crippen molar-refractivity contribution in [3.8, 4) is 0 Å². The minimum atomic E-state index is -3.95. The highest BCUT2D eigenvalue weighted by molar-refractivity contribution is 7.89. The van der Waals surface area contributed by atoms with Gasteiger partial charge in [-0.25, -0.2) is 13.1 Å². The molecule has 0 aromatic heterocycles. The lowest BCUT2D eigenvalue weighted by molar-refractivity contribution is -0.122. The Bertz CT molecular complexity index is 1080. The average Bonchev–Trinajstić information content (AvgIpc) is 2.79. The van der Waals surface area contributed by atoms with Gasteiger partial charge >= 0.3 is 0 Å². The van der Waals surface area contributed by atoms with Crippen molar-refractivity contribution in [3.63, 3.8) is 0 Å². The molecule has 1 heterocycles. The van der Waals surface area contributed by atoms with Crippen LogP contribution in [0.3, 0.4) is 0 Å². The topological polar surface area (TPSA) is 131 Å². The first-order valence-corrected chi connectivity index (χ1v) is 12.2. The lowest BCUT2D eigenvalue weighted by Crippen LogP contribution is -2.39. The van der Waals surface area contributed by atoms with Crippen molar-refractivity contribution in [2.45, 2.75) is 30.7 Å². The van der Waals surface area contributed by atoms with Crippen LogP contribution in [0.1, 0.15) is 31.4 Å². The maximum Gasteiger partial charge on any atom is 0.250 e. The molecule has 2 amide bonds. The minimum absolute atomic E-state index is 0.0537. The van der Waals surface area contributed by atoms with E-state index in [0.717, 1.165) is 5.56 Å². The van der Waals surface area contributed by atoms with Gasteiger partial charge < -0.3 is 20.7 Å². The maximum atomic E-state index is 13.5. The molecule has 0 aliphatic carbocycles. The van der Waals surface area contributed by atoms with Crippen molar-refractivity contribution in [2.75, 3.05) is 37.0 Å². The monoisotopic (exact) mass is 474 g/mol. The molecule has 3 rings (SSSR count). The quantitative estimate of drug-likeness (QED) is 0.510. The highest BCUT2D eigenvalue weighted by Gasteiger charge is 2.29. The van der Waals surface area contributed by atoms with Gasteiger partial charge in [0.05, 0.1) is 5.69 Å². The van der Waals surface area contributed by atoms with Gasteiger partial charge in [0.25, 0.3) is 0 Å². The molecule has 1 atom stereocenters. The molecule has 0 radical (unpaired) electrons. The summed E-state index contributed by atoms with van der Waals surface area (Å²) in [6.45, 7) is 2.63. The van der Waals surface area contributed by atoms with Crippen LogP contribution in [0, 0.1) is 5.92 Å². The summed E-state index contributed by atoms with van der Waals surface area (Å²) >= 11 is 0. The molecular weight excluding hydrogens is 444 g/mol. The van der Waals surface area contributed by atoms with Crippen molar-refractivity contribution < 1.29 is 22.7 Å². The number of nitrogens with two attached hydrogens (primary N) is 1. The summed E-state index contributed by atoms with van der Waals surface area (Å²) in [7, 11) is -2.55. The molecule has 178 valence electrons. The number of benzene rings is 2. The predicted molar refractivity (Wildman–Crippen MR) is 126 cm³/mol. The highest BCUT2D eigenvalue weighted by atomic mass is 32.2. The van der Waals surface area contributed by atoms with Crippen molar-refractivity contribution in [3.05, 3.63) is 54.1 Å². The summed E-state index contributed by atoms with van der Waals surface area (Å²) in [5.74, 6) is -0.941. The molecule has 10 heteroatoms. The van der Waals surface area contributed by atoms with E-state index in [2.05, 4.69) is 10.0 Å². The molecular formula is C23H30N4O5S. The normalized spacial score (nSPS) is 15.8. The van der Waals surface area contributed by atoms with Crippen molar-refractivity contribution >= 4 is 33.2 Å². The molecule has 2 aromatic carbocycles. The lowest BCUT2D eigenvalue weighted by Gasteiger charge is -2.33. The molecule has 1 aliphatic rings. The number of nitrogens with one attached hydrogen (secondary N) is 2. The number of hydrogen-bond donors (Lipinski definition) is 3. The second-order valence-corrected chi connectivity index (χ2v) is 9.76. The first-order valence-electron chi connectivity index (χ1n) is 10.8. The average molecular weight is 475 g/mol. The lowest BCUT2D eigenvalue weighted by atomic mass is 9.96. The summed E-state index contributed by atoms with van der Waals surface area (Å²) in [5, 5.41) is 2.66. The van der Waals surface area contributed by atoms with Crippen molar-refractivity contribution in [2.24, 2.45) is 11.7 Å². The molecule has 0 saturated carbocycles. The highest BCUT2D eigenvalue weighted by Crippen LogP contribution is 2.32. The molecule has 1 fully saturated rings. The van der Waals surface area contributed by atoms with E-state index in [1.165, 1.54) is 13.2 Å². The smallest absolute Gasteiger partial charge is 0.250 e. The summed E-state index contributed by atoms with van der Waals surface area (Å²) in [5.41, 5.74) is 7.12. The van der Waals surface area contributed by atoms with Gasteiger partial charge in [-0.2, -0.15) is 0 Å². The van der Waals surface area contributed by atoms with Crippen LogP contribution in [0.4, 0.5) is 11.4 Å². The zero-order valence-electron chi connectivity index (χ0n) is 18.8. The number of sulfonamides is 1. The Hall–Kier alpha value is -2.95. The van der Waals surface area contributed by atoms with Gasteiger partial charge in [0.15, 0.2) is 0 Å². The van der Waals surface area contributed by atoms with Crippen LogP contribution in [-0.4, -0.2) is 47.0 Å². The van der Waals surface area contributed by atoms with Crippen LogP contribution in [0.15, 0.2) is 53.4 Å². The van der Waals surface area contributed by atoms with Gasteiger partial charge in [-0.3, -0.25) is 9.59 Å². The van der Waals surface area contributed by atoms with Crippen LogP contribution in [-0.2, 0) is 24.3 Å². The Morgan fingerprint density at radius 3 is 2.42 bits per heavy atom. The number of hydrogen-bond acceptors (Lipinski definition) is 6. The SMILES string of the molecule is COCC(=O)Nc1ccc(N2CCC(C(N)=O)CC2)c(S(=O)(=O)N[C@@H](C)c2ccccc2)c1. The van der Waals surface area contributed by atoms with E-state index >= 15 is 0 Å². The van der Waals surface area contributed by atoms with E-state index < -0.39 is 16.1 Å². The zero-order valence-corrected chi connectivity index (χ0v) is 19.6. The van der Waals surface area contributed by atoms with E-state index in [9.17, 15) is 18.0 Å². The zero-order chi connectivity index (χ0) is 24.0. The Balaban J connectivity index is 1.92. The van der Waals surface area contributed by atoms with Gasteiger partial charge in [0.1, 0.15) is 11.5 Å². The summed E-state index contributed by atoms with van der Waals surface area (Å²) in [6.07, 6.45) is 1.10. The minimum Gasteiger partial charge on any atom is -0.375 e. The molecule has 4 N–H and O–H groups in total. The first-order chi connectivity index (χ1) is 15.7. The van der Waals surface area contributed by atoms with Crippen molar-refractivity contribution in [1.82, 2.24) is 4.72 Å². The molecule has 9 nitrogen and oxygen atoms in total. The first kappa shape index (κ1) is 24.7. The predicted octanol–water partition coefficient (Wildman–Crippen LogP) is 2.01. The maximum absolute atomic E-state index is 13.5. The number of carbonyl (C=O) groups is 2. The van der Waals surface area contributed by atoms with E-state index in [4.69, 9.17) is 10.5 Å². The molecule has 33 heavy (non-hydrogen) atoms. The number of piperidine rings is 1. The van der Waals surface area contributed by atoms with E-state index in [0.29, 0.717) is 37.3 Å². The van der Waals surface area contributed by atoms with E-state index in [1.807, 2.05) is 35.2 Å². The van der Waals surface area contributed by atoms with Gasteiger partial charge in [0.2, 0.25) is 21.8 Å². The second-order valence-electron chi connectivity index (χ2n) is 8.08. The van der Waals surface area contributed by atoms with Gasteiger partial charge in [0, 0.05) is 37.8 Å². The van der Waals surface area contributed by atoms with E-state index in [1.54, 1.807) is 19.1 Å². The standard InChI is InChI=1S/C23H30N4O5S/c1-16(17-6-4-3-5-7-17)26-33(30,31)21-14-19(25-22(28)15-32-2)8-9-20(21)27-12-10-18(11-13-27)23(24)29/h3-9,14,16,18,26H,10-13,15H2,1-2H3,(H2,24,29)(H,25,28)/t16-/m0/s1. The molecule has 0 unspecified atom stereocenters. The van der Waals surface area contributed by atoms with Crippen LogP contribution < -0.4 is 20.7 Å². The Labute approximate surface area is 194 Å². The summed E-state index contributed by atoms with van der Waals surface area (Å²) in [4.78, 5) is 25.5. The van der Waals surface area contributed by atoms with E-state index in [-0.39, 0.29) is 29.2 Å². The number of methoxy groups -OCH3 is 1. The number of carbonyl (C=O) groups excluding carboxylic acids is 2. The Morgan fingerprint density at radius 1 is 1.15 bits per heavy atom. The number of amides is 2. The van der Waals surface area contributed by atoms with Gasteiger partial charge in [-0.1, -0.05) is 30.3 Å². The summed E-state index contributed by atoms with van der Waals surface area (Å²) < 4.78 is 34.5. The number of rotatable bonds is 9. The molecule has 1 aliphatic heterocycles. The Morgan fingerprint density at radius 2 is 1.82 bits per heavy atom. The third-order valence-corrected chi connectivity index (χ3v) is 7.25. The second kappa shape index (κ2) is 10.8. The third kappa shape index (κ3) is 6.31. The third-order valence-electron chi connectivity index (χ3n) is 5.68. The van der Waals surface area contributed by atoms with Crippen LogP contribution in [0.25, 0.3) is 0 Å². The van der Waals surface area contributed by atoms with Crippen molar-refractivity contribution in [1.29, 1.82) is 0 Å². The fourth-order valence-electron chi connectivity index (χ4n) is 3.91. The number of ether oxygens (including phenoxy) is 1. The number of anilines is 2. The Kier molecular flexibility index (Phi) is 8.06. The molecule has 0 spiro atoms. The molecule has 2 aromatic rings. The molecule has 1 saturated heterocycles. The number of nitrogens with zero attached hydrogens (tertiary/aromatic N) is 1. The van der Waals surface area contributed by atoms with Gasteiger partial charge in [-0.05, 0) is 43.5 Å². The fraction of sp³-hybridized carbons (Fsp3) is 0.391. The molecule has 0 bridgehead atoms. The summed E-state index contributed by atoms with van der Waals surface area (Å²) in [6, 6.07) is 13.6. The van der Waals surface area contributed by atoms with Gasteiger partial charge in [-0.15, -0.1) is 0 Å². The largest absolute Gasteiger partial charge is 0.375 e. The van der Waals surface area contributed by atoms with Crippen LogP contribution in [0.5, 0.6) is 0 Å². The van der Waals surface area contributed by atoms with Crippen LogP contribution in [0.2, 0.25) is 0 Å².